The number of rotatable bonds is 6. The summed E-state index contributed by atoms with van der Waals surface area (Å²) in [6, 6.07) is 5.77. The number of ether oxygens (including phenoxy) is 1. The minimum Gasteiger partial charge on any atom is -0.381 e. The number of hydrogen-bond acceptors (Lipinski definition) is 4. The molecule has 23 heavy (non-hydrogen) atoms. The van der Waals surface area contributed by atoms with Crippen LogP contribution in [-0.4, -0.2) is 58.4 Å². The first kappa shape index (κ1) is 15.7. The van der Waals surface area contributed by atoms with Gasteiger partial charge in [0.2, 0.25) is 0 Å². The molecular formula is C16H23N5O2. The van der Waals surface area contributed by atoms with Crippen molar-refractivity contribution < 1.29 is 9.53 Å². The Morgan fingerprint density at radius 3 is 3.17 bits per heavy atom. The third-order valence-corrected chi connectivity index (χ3v) is 4.18. The van der Waals surface area contributed by atoms with E-state index >= 15 is 0 Å². The molecule has 1 saturated heterocycles. The van der Waals surface area contributed by atoms with Gasteiger partial charge in [0, 0.05) is 44.8 Å². The number of urea groups is 1. The van der Waals surface area contributed by atoms with Gasteiger partial charge in [-0.15, -0.1) is 10.2 Å². The normalized spacial score (nSPS) is 17.5. The van der Waals surface area contributed by atoms with Gasteiger partial charge in [-0.1, -0.05) is 6.07 Å². The second-order valence-electron chi connectivity index (χ2n) is 5.80. The lowest BCUT2D eigenvalue weighted by Crippen LogP contribution is -2.43. The van der Waals surface area contributed by atoms with Crippen LogP contribution < -0.4 is 5.32 Å². The molecule has 124 valence electrons. The fourth-order valence-corrected chi connectivity index (χ4v) is 2.85. The van der Waals surface area contributed by atoms with Gasteiger partial charge in [-0.2, -0.15) is 0 Å². The number of nitrogens with zero attached hydrogens (tertiary/aromatic N) is 4. The van der Waals surface area contributed by atoms with Crippen LogP contribution in [0.3, 0.4) is 0 Å². The molecule has 7 nitrogen and oxygen atoms in total. The lowest BCUT2D eigenvalue weighted by Gasteiger charge is -2.24. The Morgan fingerprint density at radius 1 is 1.48 bits per heavy atom. The van der Waals surface area contributed by atoms with Gasteiger partial charge < -0.3 is 15.0 Å². The van der Waals surface area contributed by atoms with E-state index in [1.807, 2.05) is 40.6 Å². The van der Waals surface area contributed by atoms with E-state index in [0.717, 1.165) is 37.7 Å². The molecule has 2 aromatic rings. The van der Waals surface area contributed by atoms with Crippen LogP contribution in [0.2, 0.25) is 0 Å². The highest BCUT2D eigenvalue weighted by molar-refractivity contribution is 5.74. The molecule has 0 unspecified atom stereocenters. The maximum Gasteiger partial charge on any atom is 0.317 e. The minimum absolute atomic E-state index is 0.0202. The van der Waals surface area contributed by atoms with Crippen LogP contribution in [0.15, 0.2) is 24.4 Å². The van der Waals surface area contributed by atoms with E-state index in [9.17, 15) is 4.79 Å². The van der Waals surface area contributed by atoms with Gasteiger partial charge in [0.05, 0.1) is 6.61 Å². The summed E-state index contributed by atoms with van der Waals surface area (Å²) in [5.74, 6) is 1.31. The third-order valence-electron chi connectivity index (χ3n) is 4.18. The quantitative estimate of drug-likeness (QED) is 0.873. The molecule has 1 aliphatic rings. The zero-order chi connectivity index (χ0) is 16.1. The van der Waals surface area contributed by atoms with E-state index in [1.54, 1.807) is 0 Å². The average molecular weight is 317 g/mol. The summed E-state index contributed by atoms with van der Waals surface area (Å²) in [5.41, 5.74) is 0.824. The second kappa shape index (κ2) is 7.41. The molecule has 1 atom stereocenters. The van der Waals surface area contributed by atoms with E-state index in [2.05, 4.69) is 15.5 Å². The molecule has 3 rings (SSSR count). The molecule has 0 radical (unpaired) electrons. The van der Waals surface area contributed by atoms with Crippen LogP contribution in [0, 0.1) is 5.92 Å². The molecular weight excluding hydrogens is 294 g/mol. The molecule has 2 amide bonds. The number of amides is 2. The van der Waals surface area contributed by atoms with Crippen LogP contribution in [0.4, 0.5) is 4.79 Å². The minimum atomic E-state index is -0.0202. The maximum absolute atomic E-state index is 12.3. The monoisotopic (exact) mass is 317 g/mol. The molecule has 7 heteroatoms. The first-order valence-electron chi connectivity index (χ1n) is 8.17. The molecule has 1 N–H and O–H groups in total. The third kappa shape index (κ3) is 3.79. The molecule has 0 saturated carbocycles. The van der Waals surface area contributed by atoms with E-state index < -0.39 is 0 Å². The summed E-state index contributed by atoms with van der Waals surface area (Å²) in [6.45, 7) is 5.58. The molecule has 3 heterocycles. The second-order valence-corrected chi connectivity index (χ2v) is 5.80. The van der Waals surface area contributed by atoms with Crippen molar-refractivity contribution in [2.45, 2.75) is 19.8 Å². The summed E-state index contributed by atoms with van der Waals surface area (Å²) >= 11 is 0. The Kier molecular flexibility index (Phi) is 5.07. The highest BCUT2D eigenvalue weighted by atomic mass is 16.5. The van der Waals surface area contributed by atoms with Gasteiger partial charge in [-0.3, -0.25) is 4.40 Å². The molecule has 0 aromatic carbocycles. The lowest BCUT2D eigenvalue weighted by atomic mass is 10.1. The highest BCUT2D eigenvalue weighted by Gasteiger charge is 2.21. The van der Waals surface area contributed by atoms with Gasteiger partial charge in [0.15, 0.2) is 5.65 Å². The van der Waals surface area contributed by atoms with Crippen molar-refractivity contribution >= 4 is 11.7 Å². The zero-order valence-corrected chi connectivity index (χ0v) is 13.4. The largest absolute Gasteiger partial charge is 0.381 e. The van der Waals surface area contributed by atoms with Crippen LogP contribution in [-0.2, 0) is 11.2 Å². The molecule has 0 aliphatic carbocycles. The van der Waals surface area contributed by atoms with Crippen molar-refractivity contribution in [3.05, 3.63) is 30.2 Å². The van der Waals surface area contributed by atoms with Crippen molar-refractivity contribution in [1.29, 1.82) is 0 Å². The van der Waals surface area contributed by atoms with Gasteiger partial charge in [-0.25, -0.2) is 4.79 Å². The Labute approximate surface area is 135 Å². The van der Waals surface area contributed by atoms with Crippen molar-refractivity contribution in [2.75, 3.05) is 32.8 Å². The summed E-state index contributed by atoms with van der Waals surface area (Å²) in [5, 5.41) is 11.3. The smallest absolute Gasteiger partial charge is 0.317 e. The van der Waals surface area contributed by atoms with Gasteiger partial charge in [0.1, 0.15) is 5.82 Å². The number of nitrogens with one attached hydrogen (secondary N) is 1. The van der Waals surface area contributed by atoms with Crippen LogP contribution in [0.25, 0.3) is 5.65 Å². The number of pyridine rings is 1. The zero-order valence-electron chi connectivity index (χ0n) is 13.4. The topological polar surface area (TPSA) is 71.8 Å². The van der Waals surface area contributed by atoms with Crippen LogP contribution in [0.1, 0.15) is 19.2 Å². The fraction of sp³-hybridized carbons (Fsp3) is 0.562. The molecule has 2 aromatic heterocycles. The number of hydrogen-bond donors (Lipinski definition) is 1. The van der Waals surface area contributed by atoms with E-state index in [4.69, 9.17) is 4.74 Å². The van der Waals surface area contributed by atoms with Crippen molar-refractivity contribution in [3.63, 3.8) is 0 Å². The van der Waals surface area contributed by atoms with Crippen molar-refractivity contribution in [1.82, 2.24) is 24.8 Å². The van der Waals surface area contributed by atoms with E-state index in [0.29, 0.717) is 25.4 Å². The number of fused-ring (bicyclic) bond motifs is 1. The van der Waals surface area contributed by atoms with E-state index in [1.165, 1.54) is 0 Å². The summed E-state index contributed by atoms with van der Waals surface area (Å²) in [4.78, 5) is 14.1. The standard InChI is InChI=1S/C16H23N5O2/c1-2-20(11-13-7-10-23-12-13)16(22)17-8-6-15-19-18-14-5-3-4-9-21(14)15/h3-5,9,13H,2,6-8,10-12H2,1H3,(H,17,22)/t13-/m0/s1. The Morgan fingerprint density at radius 2 is 2.39 bits per heavy atom. The first-order chi connectivity index (χ1) is 11.3. The summed E-state index contributed by atoms with van der Waals surface area (Å²) in [7, 11) is 0. The highest BCUT2D eigenvalue weighted by Crippen LogP contribution is 2.13. The van der Waals surface area contributed by atoms with Crippen molar-refractivity contribution in [3.8, 4) is 0 Å². The number of carbonyl (C=O) groups is 1. The van der Waals surface area contributed by atoms with Crippen molar-refractivity contribution in [2.24, 2.45) is 5.92 Å². The van der Waals surface area contributed by atoms with E-state index in [-0.39, 0.29) is 6.03 Å². The first-order valence-corrected chi connectivity index (χ1v) is 8.17. The number of aromatic nitrogens is 3. The summed E-state index contributed by atoms with van der Waals surface area (Å²) in [6.07, 6.45) is 3.63. The van der Waals surface area contributed by atoms with Crippen LogP contribution in [0.5, 0.6) is 0 Å². The van der Waals surface area contributed by atoms with Crippen LogP contribution >= 0.6 is 0 Å². The van der Waals surface area contributed by atoms with Gasteiger partial charge in [0.25, 0.3) is 0 Å². The SMILES string of the molecule is CCN(C[C@@H]1CCOC1)C(=O)NCCc1nnc2ccccn12. The Hall–Kier alpha value is -2.15. The molecule has 1 aliphatic heterocycles. The lowest BCUT2D eigenvalue weighted by molar-refractivity contribution is 0.166. The molecule has 0 spiro atoms. The van der Waals surface area contributed by atoms with Gasteiger partial charge in [-0.05, 0) is 25.5 Å². The fourth-order valence-electron chi connectivity index (χ4n) is 2.85. The Bertz CT molecular complexity index is 651. The molecule has 1 fully saturated rings. The maximum atomic E-state index is 12.3. The predicted molar refractivity (Wildman–Crippen MR) is 86.3 cm³/mol. The summed E-state index contributed by atoms with van der Waals surface area (Å²) < 4.78 is 7.32. The predicted octanol–water partition coefficient (Wildman–Crippen LogP) is 1.34. The number of carbonyl (C=O) groups excluding carboxylic acids is 1. The Balaban J connectivity index is 1.49. The average Bonchev–Trinajstić information content (AvgIpc) is 3.22. The molecule has 0 bridgehead atoms. The van der Waals surface area contributed by atoms with Gasteiger partial charge >= 0.3 is 6.03 Å².